The second-order valence-electron chi connectivity index (χ2n) is 8.91. The fourth-order valence-corrected chi connectivity index (χ4v) is 6.17. The Balaban J connectivity index is 1.66. The second-order valence-corrected chi connectivity index (χ2v) is 8.91. The van der Waals surface area contributed by atoms with Gasteiger partial charge in [-0.2, -0.15) is 0 Å². The number of esters is 2. The molecule has 0 N–H and O–H groups in total. The van der Waals surface area contributed by atoms with Crippen molar-refractivity contribution in [2.24, 2.45) is 22.7 Å². The smallest absolute Gasteiger partial charge is 0.331 e. The summed E-state index contributed by atoms with van der Waals surface area (Å²) >= 11 is 0. The topological polar surface area (TPSA) is 52.6 Å². The standard InChI is InChI=1S/C20H28O4/c1-13-5-6-15-18(2)8-4-9-20(15,24-17(18)22)19(13,3)10-7-14-11-16(21)23-12-14/h11,13,15H,4-10,12H2,1-3H3/t13-,15+,18+,19+,20-/m1/s1. The third kappa shape index (κ3) is 1.91. The van der Waals surface area contributed by atoms with Crippen molar-refractivity contribution >= 4 is 11.9 Å². The van der Waals surface area contributed by atoms with Gasteiger partial charge in [-0.15, -0.1) is 0 Å². The maximum atomic E-state index is 12.7. The van der Waals surface area contributed by atoms with Crippen LogP contribution in [0.4, 0.5) is 0 Å². The lowest BCUT2D eigenvalue weighted by atomic mass is 9.46. The Bertz CT molecular complexity index is 623. The Hall–Kier alpha value is -1.32. The summed E-state index contributed by atoms with van der Waals surface area (Å²) in [5.74, 6) is 0.674. The van der Waals surface area contributed by atoms with E-state index in [1.54, 1.807) is 6.08 Å². The normalized spacial score (nSPS) is 47.0. The maximum absolute atomic E-state index is 12.7. The molecule has 5 atom stereocenters. The van der Waals surface area contributed by atoms with Gasteiger partial charge in [0.1, 0.15) is 12.2 Å². The van der Waals surface area contributed by atoms with Crippen molar-refractivity contribution in [2.45, 2.75) is 71.3 Å². The van der Waals surface area contributed by atoms with Gasteiger partial charge in [-0.05, 0) is 63.4 Å². The minimum Gasteiger partial charge on any atom is -0.458 e. The zero-order valence-corrected chi connectivity index (χ0v) is 15.0. The molecule has 4 aliphatic rings. The molecule has 2 heterocycles. The van der Waals surface area contributed by atoms with Crippen LogP contribution in [0.15, 0.2) is 11.6 Å². The molecule has 4 heteroatoms. The van der Waals surface area contributed by atoms with E-state index in [4.69, 9.17) is 9.47 Å². The SMILES string of the molecule is C[C@@H]1CC[C@H]2[C@]3(C)CCC[C@]2(OC3=O)[C@@]1(C)CCC1=CC(=O)OC1. The molecule has 0 radical (unpaired) electrons. The average Bonchev–Trinajstić information content (AvgIpc) is 3.00. The van der Waals surface area contributed by atoms with Crippen molar-refractivity contribution < 1.29 is 19.1 Å². The molecule has 2 aliphatic heterocycles. The van der Waals surface area contributed by atoms with E-state index < -0.39 is 0 Å². The van der Waals surface area contributed by atoms with E-state index in [0.717, 1.165) is 50.5 Å². The first-order valence-electron chi connectivity index (χ1n) is 9.41. The fourth-order valence-electron chi connectivity index (χ4n) is 6.17. The molecule has 2 bridgehead atoms. The molecule has 1 saturated heterocycles. The Kier molecular flexibility index (Phi) is 3.43. The summed E-state index contributed by atoms with van der Waals surface area (Å²) in [6, 6.07) is 0. The summed E-state index contributed by atoms with van der Waals surface area (Å²) in [4.78, 5) is 24.1. The number of carbonyl (C=O) groups is 2. The summed E-state index contributed by atoms with van der Waals surface area (Å²) in [5.41, 5.74) is 0.454. The van der Waals surface area contributed by atoms with E-state index in [0.29, 0.717) is 18.4 Å². The van der Waals surface area contributed by atoms with Crippen molar-refractivity contribution in [3.63, 3.8) is 0 Å². The molecular formula is C20H28O4. The molecule has 0 aromatic rings. The minimum absolute atomic E-state index is 0.0314. The molecule has 132 valence electrons. The summed E-state index contributed by atoms with van der Waals surface area (Å²) in [7, 11) is 0. The minimum atomic E-state index is -0.307. The van der Waals surface area contributed by atoms with Crippen LogP contribution in [0.3, 0.4) is 0 Å². The summed E-state index contributed by atoms with van der Waals surface area (Å²) < 4.78 is 11.3. The molecular weight excluding hydrogens is 304 g/mol. The zero-order valence-electron chi connectivity index (χ0n) is 15.0. The highest BCUT2D eigenvalue weighted by atomic mass is 16.6. The van der Waals surface area contributed by atoms with E-state index in [9.17, 15) is 9.59 Å². The molecule has 2 aliphatic carbocycles. The third-order valence-corrected chi connectivity index (χ3v) is 7.95. The number of cyclic esters (lactones) is 1. The first kappa shape index (κ1) is 16.2. The van der Waals surface area contributed by atoms with Gasteiger partial charge in [0.25, 0.3) is 0 Å². The summed E-state index contributed by atoms with van der Waals surface area (Å²) in [6.45, 7) is 7.20. The lowest BCUT2D eigenvalue weighted by molar-refractivity contribution is -0.187. The van der Waals surface area contributed by atoms with Gasteiger partial charge in [0.2, 0.25) is 0 Å². The van der Waals surface area contributed by atoms with Gasteiger partial charge in [-0.1, -0.05) is 13.8 Å². The quantitative estimate of drug-likeness (QED) is 0.738. The van der Waals surface area contributed by atoms with E-state index in [2.05, 4.69) is 20.8 Å². The molecule has 3 fully saturated rings. The molecule has 0 aromatic carbocycles. The van der Waals surface area contributed by atoms with Crippen LogP contribution in [0, 0.1) is 22.7 Å². The van der Waals surface area contributed by atoms with Crippen LogP contribution in [0.5, 0.6) is 0 Å². The van der Waals surface area contributed by atoms with Crippen molar-refractivity contribution in [3.05, 3.63) is 11.6 Å². The number of hydrogen-bond acceptors (Lipinski definition) is 4. The van der Waals surface area contributed by atoms with Crippen LogP contribution < -0.4 is 0 Å². The molecule has 0 unspecified atom stereocenters. The highest BCUT2D eigenvalue weighted by molar-refractivity contribution is 5.85. The van der Waals surface area contributed by atoms with E-state index in [-0.39, 0.29) is 28.4 Å². The highest BCUT2D eigenvalue weighted by Gasteiger charge is 2.72. The van der Waals surface area contributed by atoms with Gasteiger partial charge in [-0.3, -0.25) is 4.79 Å². The molecule has 24 heavy (non-hydrogen) atoms. The van der Waals surface area contributed by atoms with Crippen molar-refractivity contribution in [1.29, 1.82) is 0 Å². The Labute approximate surface area is 144 Å². The van der Waals surface area contributed by atoms with E-state index in [1.807, 2.05) is 0 Å². The second kappa shape index (κ2) is 5.09. The predicted octanol–water partition coefficient (Wildman–Crippen LogP) is 3.79. The third-order valence-electron chi connectivity index (χ3n) is 7.95. The molecule has 4 nitrogen and oxygen atoms in total. The summed E-state index contributed by atoms with van der Waals surface area (Å²) in [6.07, 6.45) is 8.74. The van der Waals surface area contributed by atoms with Crippen LogP contribution in [-0.2, 0) is 19.1 Å². The molecule has 2 saturated carbocycles. The number of ether oxygens (including phenoxy) is 2. The van der Waals surface area contributed by atoms with Gasteiger partial charge < -0.3 is 9.47 Å². The number of rotatable bonds is 3. The molecule has 0 aromatic heterocycles. The van der Waals surface area contributed by atoms with Crippen LogP contribution in [0.25, 0.3) is 0 Å². The zero-order chi connectivity index (χ0) is 17.2. The van der Waals surface area contributed by atoms with E-state index >= 15 is 0 Å². The van der Waals surface area contributed by atoms with Crippen LogP contribution in [-0.4, -0.2) is 24.1 Å². The first-order chi connectivity index (χ1) is 11.3. The largest absolute Gasteiger partial charge is 0.458 e. The van der Waals surface area contributed by atoms with Crippen molar-refractivity contribution in [3.8, 4) is 0 Å². The first-order valence-corrected chi connectivity index (χ1v) is 9.41. The average molecular weight is 332 g/mol. The number of carbonyl (C=O) groups excluding carboxylic acids is 2. The van der Waals surface area contributed by atoms with Gasteiger partial charge in [-0.25, -0.2) is 4.79 Å². The molecule has 0 spiro atoms. The maximum Gasteiger partial charge on any atom is 0.331 e. The highest BCUT2D eigenvalue weighted by Crippen LogP contribution is 2.68. The van der Waals surface area contributed by atoms with Crippen LogP contribution >= 0.6 is 0 Å². The molecule has 0 amide bonds. The van der Waals surface area contributed by atoms with Gasteiger partial charge in [0.15, 0.2) is 0 Å². The predicted molar refractivity (Wildman–Crippen MR) is 89.1 cm³/mol. The Morgan fingerprint density at radius 1 is 1.21 bits per heavy atom. The lowest BCUT2D eigenvalue weighted by Gasteiger charge is -2.58. The van der Waals surface area contributed by atoms with Gasteiger partial charge >= 0.3 is 11.9 Å². The lowest BCUT2D eigenvalue weighted by Crippen LogP contribution is -2.60. The van der Waals surface area contributed by atoms with E-state index in [1.165, 1.54) is 0 Å². The summed E-state index contributed by atoms with van der Waals surface area (Å²) in [5, 5.41) is 0. The number of hydrogen-bond donors (Lipinski definition) is 0. The van der Waals surface area contributed by atoms with Gasteiger partial charge in [0.05, 0.1) is 5.41 Å². The van der Waals surface area contributed by atoms with Crippen LogP contribution in [0.1, 0.15) is 65.7 Å². The monoisotopic (exact) mass is 332 g/mol. The van der Waals surface area contributed by atoms with Crippen molar-refractivity contribution in [1.82, 2.24) is 0 Å². The molecule has 4 rings (SSSR count). The Morgan fingerprint density at radius 2 is 2.00 bits per heavy atom. The van der Waals surface area contributed by atoms with Gasteiger partial charge in [0, 0.05) is 17.4 Å². The Morgan fingerprint density at radius 3 is 2.71 bits per heavy atom. The van der Waals surface area contributed by atoms with Crippen molar-refractivity contribution in [2.75, 3.05) is 6.61 Å². The fraction of sp³-hybridized carbons (Fsp3) is 0.800. The van der Waals surface area contributed by atoms with Crippen LogP contribution in [0.2, 0.25) is 0 Å².